The summed E-state index contributed by atoms with van der Waals surface area (Å²) in [7, 11) is 0. The third kappa shape index (κ3) is 2.84. The third-order valence-corrected chi connectivity index (χ3v) is 2.60. The van der Waals surface area contributed by atoms with Crippen molar-refractivity contribution in [1.29, 1.82) is 0 Å². The summed E-state index contributed by atoms with van der Waals surface area (Å²) in [4.78, 5) is 0. The molecule has 4 heteroatoms. The number of alkyl halides is 2. The van der Waals surface area contributed by atoms with Gasteiger partial charge < -0.3 is 9.47 Å². The molecule has 1 radical (unpaired) electrons. The summed E-state index contributed by atoms with van der Waals surface area (Å²) in [5.41, 5.74) is 0. The van der Waals surface area contributed by atoms with Crippen LogP contribution in [0.25, 0.3) is 0 Å². The van der Waals surface area contributed by atoms with Gasteiger partial charge in [0.1, 0.15) is 0 Å². The smallest absolute Gasteiger partial charge is 0.387 e. The molecule has 0 amide bonds. The molecule has 1 aliphatic rings. The zero-order chi connectivity index (χ0) is 11.4. The minimum Gasteiger partial charge on any atom is -0.487 e. The molecule has 2 rings (SSSR count). The van der Waals surface area contributed by atoms with Crippen molar-refractivity contribution in [2.24, 2.45) is 0 Å². The standard InChI is InChI=1S/C12H13F2O2/c13-12(14)16-11-8-4-3-7-10(11)15-9-5-1-2-6-9/h4,7-9,12H,1-2,5-6H2. The van der Waals surface area contributed by atoms with Gasteiger partial charge in [-0.2, -0.15) is 8.78 Å². The predicted molar refractivity (Wildman–Crippen MR) is 54.8 cm³/mol. The Kier molecular flexibility index (Phi) is 3.59. The van der Waals surface area contributed by atoms with Gasteiger partial charge in [-0.3, -0.25) is 0 Å². The Bertz CT molecular complexity index is 336. The Balaban J connectivity index is 2.06. The maximum atomic E-state index is 12.1. The summed E-state index contributed by atoms with van der Waals surface area (Å²) in [5, 5.41) is 0. The molecule has 2 nitrogen and oxygen atoms in total. The van der Waals surface area contributed by atoms with E-state index in [1.54, 1.807) is 0 Å². The van der Waals surface area contributed by atoms with Crippen LogP contribution in [-0.2, 0) is 0 Å². The molecule has 87 valence electrons. The van der Waals surface area contributed by atoms with E-state index in [1.165, 1.54) is 18.2 Å². The maximum absolute atomic E-state index is 12.1. The van der Waals surface area contributed by atoms with E-state index < -0.39 is 6.61 Å². The lowest BCUT2D eigenvalue weighted by atomic mass is 10.3. The lowest BCUT2D eigenvalue weighted by molar-refractivity contribution is -0.0520. The number of rotatable bonds is 4. The van der Waals surface area contributed by atoms with Crippen LogP contribution < -0.4 is 9.47 Å². The van der Waals surface area contributed by atoms with E-state index in [4.69, 9.17) is 4.74 Å². The average Bonchev–Trinajstić information content (AvgIpc) is 2.73. The van der Waals surface area contributed by atoms with Crippen molar-refractivity contribution in [3.8, 4) is 11.5 Å². The second-order valence-electron chi connectivity index (χ2n) is 3.78. The van der Waals surface area contributed by atoms with E-state index in [-0.39, 0.29) is 11.9 Å². The second kappa shape index (κ2) is 5.14. The van der Waals surface area contributed by atoms with Gasteiger partial charge in [0.2, 0.25) is 0 Å². The monoisotopic (exact) mass is 227 g/mol. The molecule has 0 saturated heterocycles. The number of benzene rings is 1. The van der Waals surface area contributed by atoms with Gasteiger partial charge in [-0.1, -0.05) is 6.07 Å². The molecule has 0 spiro atoms. The number of ether oxygens (including phenoxy) is 2. The van der Waals surface area contributed by atoms with Gasteiger partial charge in [-0.25, -0.2) is 0 Å². The third-order valence-electron chi connectivity index (χ3n) is 2.60. The highest BCUT2D eigenvalue weighted by Gasteiger charge is 2.19. The Morgan fingerprint density at radius 3 is 2.69 bits per heavy atom. The molecular formula is C12H13F2O2. The Labute approximate surface area is 93.2 Å². The SMILES string of the molecule is FC(F)Oc1cc[c]cc1OC1CCCC1. The quantitative estimate of drug-likeness (QED) is 0.784. The van der Waals surface area contributed by atoms with Crippen LogP contribution >= 0.6 is 0 Å². The highest BCUT2D eigenvalue weighted by molar-refractivity contribution is 5.39. The van der Waals surface area contributed by atoms with Gasteiger partial charge in [-0.05, 0) is 43.9 Å². The molecule has 0 aliphatic heterocycles. The van der Waals surface area contributed by atoms with Crippen molar-refractivity contribution in [2.45, 2.75) is 38.4 Å². The van der Waals surface area contributed by atoms with E-state index in [1.807, 2.05) is 0 Å². The van der Waals surface area contributed by atoms with E-state index in [0.717, 1.165) is 25.7 Å². The summed E-state index contributed by atoms with van der Waals surface area (Å²) in [5.74, 6) is 0.440. The maximum Gasteiger partial charge on any atom is 0.387 e. The molecule has 0 aromatic heterocycles. The fourth-order valence-corrected chi connectivity index (χ4v) is 1.87. The molecule has 1 aromatic carbocycles. The molecule has 0 unspecified atom stereocenters. The van der Waals surface area contributed by atoms with E-state index in [9.17, 15) is 8.78 Å². The Hall–Kier alpha value is -1.32. The van der Waals surface area contributed by atoms with Crippen molar-refractivity contribution in [2.75, 3.05) is 0 Å². The summed E-state index contributed by atoms with van der Waals surface area (Å²) in [6.07, 6.45) is 4.33. The molecule has 1 aromatic rings. The van der Waals surface area contributed by atoms with Crippen LogP contribution in [0, 0.1) is 6.07 Å². The Morgan fingerprint density at radius 1 is 1.25 bits per heavy atom. The highest BCUT2D eigenvalue weighted by Crippen LogP contribution is 2.31. The first-order valence-electron chi connectivity index (χ1n) is 5.37. The van der Waals surface area contributed by atoms with Crippen LogP contribution in [-0.4, -0.2) is 12.7 Å². The van der Waals surface area contributed by atoms with Gasteiger partial charge in [0.05, 0.1) is 6.10 Å². The van der Waals surface area contributed by atoms with Crippen molar-refractivity contribution < 1.29 is 18.3 Å². The van der Waals surface area contributed by atoms with Gasteiger partial charge in [0, 0.05) is 0 Å². The van der Waals surface area contributed by atoms with Crippen LogP contribution in [0.15, 0.2) is 18.2 Å². The zero-order valence-electron chi connectivity index (χ0n) is 8.79. The fourth-order valence-electron chi connectivity index (χ4n) is 1.87. The molecule has 0 N–H and O–H groups in total. The first-order valence-corrected chi connectivity index (χ1v) is 5.37. The predicted octanol–water partition coefficient (Wildman–Crippen LogP) is 3.41. The normalized spacial score (nSPS) is 16.7. The molecule has 1 aliphatic carbocycles. The van der Waals surface area contributed by atoms with Crippen molar-refractivity contribution in [1.82, 2.24) is 0 Å². The Morgan fingerprint density at radius 2 is 2.00 bits per heavy atom. The minimum absolute atomic E-state index is 0.0839. The van der Waals surface area contributed by atoms with Crippen LogP contribution in [0.3, 0.4) is 0 Å². The zero-order valence-corrected chi connectivity index (χ0v) is 8.79. The first-order chi connectivity index (χ1) is 7.75. The van der Waals surface area contributed by atoms with Crippen LogP contribution in [0.2, 0.25) is 0 Å². The fraction of sp³-hybridized carbons (Fsp3) is 0.500. The van der Waals surface area contributed by atoms with Crippen LogP contribution in [0.4, 0.5) is 8.78 Å². The van der Waals surface area contributed by atoms with Gasteiger partial charge in [0.15, 0.2) is 11.5 Å². The molecular weight excluding hydrogens is 214 g/mol. The highest BCUT2D eigenvalue weighted by atomic mass is 19.3. The summed E-state index contributed by atoms with van der Waals surface area (Å²) >= 11 is 0. The van der Waals surface area contributed by atoms with E-state index in [2.05, 4.69) is 10.8 Å². The van der Waals surface area contributed by atoms with Gasteiger partial charge >= 0.3 is 6.61 Å². The summed E-state index contributed by atoms with van der Waals surface area (Å²) < 4.78 is 34.2. The average molecular weight is 227 g/mol. The van der Waals surface area contributed by atoms with E-state index >= 15 is 0 Å². The van der Waals surface area contributed by atoms with Crippen molar-refractivity contribution >= 4 is 0 Å². The van der Waals surface area contributed by atoms with Gasteiger partial charge in [0.25, 0.3) is 0 Å². The molecule has 0 heterocycles. The van der Waals surface area contributed by atoms with Gasteiger partial charge in [-0.15, -0.1) is 0 Å². The largest absolute Gasteiger partial charge is 0.487 e. The topological polar surface area (TPSA) is 18.5 Å². The molecule has 0 atom stereocenters. The number of hydrogen-bond donors (Lipinski definition) is 0. The first kappa shape index (κ1) is 11.2. The van der Waals surface area contributed by atoms with E-state index in [0.29, 0.717) is 5.75 Å². The molecule has 1 fully saturated rings. The number of hydrogen-bond acceptors (Lipinski definition) is 2. The van der Waals surface area contributed by atoms with Crippen LogP contribution in [0.1, 0.15) is 25.7 Å². The second-order valence-corrected chi connectivity index (χ2v) is 3.78. The molecule has 16 heavy (non-hydrogen) atoms. The van der Waals surface area contributed by atoms with Crippen molar-refractivity contribution in [3.05, 3.63) is 24.3 Å². The summed E-state index contributed by atoms with van der Waals surface area (Å²) in [6, 6.07) is 7.30. The minimum atomic E-state index is -2.83. The summed E-state index contributed by atoms with van der Waals surface area (Å²) in [6.45, 7) is -2.83. The lowest BCUT2D eigenvalue weighted by Gasteiger charge is -2.16. The number of halogens is 2. The van der Waals surface area contributed by atoms with Crippen LogP contribution in [0.5, 0.6) is 11.5 Å². The molecule has 0 bridgehead atoms. The lowest BCUT2D eigenvalue weighted by Crippen LogP contribution is -2.12. The molecule has 1 saturated carbocycles. The van der Waals surface area contributed by atoms with Crippen molar-refractivity contribution in [3.63, 3.8) is 0 Å².